The molecule has 2 aromatic carbocycles. The third-order valence-corrected chi connectivity index (χ3v) is 3.12. The first-order chi connectivity index (χ1) is 9.63. The number of nitrogens with one attached hydrogen (secondary N) is 2. The standard InChI is InChI=1S/C15H15BrN2O2/c1-11-2-8-14(9-3-11)20-10-17-15(19)18-13-6-4-12(16)5-7-13/h2-9H,10H2,1H3,(H2,17,18,19). The molecule has 0 bridgehead atoms. The van der Waals surface area contributed by atoms with Crippen LogP contribution in [0.25, 0.3) is 0 Å². The average molecular weight is 335 g/mol. The van der Waals surface area contributed by atoms with Crippen LogP contribution in [0.5, 0.6) is 5.75 Å². The number of urea groups is 1. The van der Waals surface area contributed by atoms with E-state index in [-0.39, 0.29) is 12.8 Å². The predicted octanol–water partition coefficient (Wildman–Crippen LogP) is 3.92. The van der Waals surface area contributed by atoms with Crippen molar-refractivity contribution >= 4 is 27.6 Å². The Morgan fingerprint density at radius 3 is 2.40 bits per heavy atom. The van der Waals surface area contributed by atoms with Gasteiger partial charge in [-0.2, -0.15) is 0 Å². The number of aryl methyl sites for hydroxylation is 1. The molecule has 0 spiro atoms. The molecule has 0 aliphatic carbocycles. The van der Waals surface area contributed by atoms with Crippen LogP contribution in [0.1, 0.15) is 5.56 Å². The van der Waals surface area contributed by atoms with E-state index in [1.165, 1.54) is 5.56 Å². The molecule has 0 aliphatic heterocycles. The minimum Gasteiger partial charge on any atom is -0.473 e. The van der Waals surface area contributed by atoms with Crippen molar-refractivity contribution in [3.8, 4) is 5.75 Å². The SMILES string of the molecule is Cc1ccc(OCNC(=O)Nc2ccc(Br)cc2)cc1. The summed E-state index contributed by atoms with van der Waals surface area (Å²) in [5.74, 6) is 0.722. The third kappa shape index (κ3) is 4.59. The minimum atomic E-state index is -0.306. The maximum absolute atomic E-state index is 11.6. The van der Waals surface area contributed by atoms with Gasteiger partial charge in [0.05, 0.1) is 0 Å². The molecule has 0 saturated heterocycles. The summed E-state index contributed by atoms with van der Waals surface area (Å²) in [6, 6.07) is 14.7. The van der Waals surface area contributed by atoms with E-state index in [2.05, 4.69) is 26.6 Å². The van der Waals surface area contributed by atoms with Crippen molar-refractivity contribution in [3.05, 3.63) is 58.6 Å². The molecule has 20 heavy (non-hydrogen) atoms. The van der Waals surface area contributed by atoms with Crippen molar-refractivity contribution in [2.24, 2.45) is 0 Å². The molecule has 5 heteroatoms. The number of hydrogen-bond donors (Lipinski definition) is 2. The topological polar surface area (TPSA) is 50.4 Å². The molecule has 2 amide bonds. The number of carbonyl (C=O) groups is 1. The van der Waals surface area contributed by atoms with Gasteiger partial charge < -0.3 is 15.4 Å². The van der Waals surface area contributed by atoms with Gasteiger partial charge >= 0.3 is 6.03 Å². The summed E-state index contributed by atoms with van der Waals surface area (Å²) in [4.78, 5) is 11.6. The Bertz CT molecular complexity index is 567. The highest BCUT2D eigenvalue weighted by Gasteiger charge is 2.01. The maximum atomic E-state index is 11.6. The minimum absolute atomic E-state index is 0.116. The normalized spacial score (nSPS) is 9.90. The first-order valence-electron chi connectivity index (χ1n) is 6.13. The van der Waals surface area contributed by atoms with Crippen LogP contribution in [0.15, 0.2) is 53.0 Å². The Hall–Kier alpha value is -2.01. The van der Waals surface area contributed by atoms with Crippen molar-refractivity contribution in [2.45, 2.75) is 6.92 Å². The molecule has 104 valence electrons. The van der Waals surface area contributed by atoms with Crippen LogP contribution in [-0.4, -0.2) is 12.8 Å². The molecule has 0 saturated carbocycles. The molecule has 0 heterocycles. The summed E-state index contributed by atoms with van der Waals surface area (Å²) in [6.45, 7) is 2.12. The summed E-state index contributed by atoms with van der Waals surface area (Å²) < 4.78 is 6.37. The smallest absolute Gasteiger partial charge is 0.321 e. The Labute approximate surface area is 126 Å². The fourth-order valence-electron chi connectivity index (χ4n) is 1.53. The van der Waals surface area contributed by atoms with Crippen LogP contribution in [-0.2, 0) is 0 Å². The van der Waals surface area contributed by atoms with E-state index in [1.807, 2.05) is 55.5 Å². The van der Waals surface area contributed by atoms with Crippen molar-refractivity contribution in [1.82, 2.24) is 5.32 Å². The second kappa shape index (κ2) is 6.96. The van der Waals surface area contributed by atoms with Crippen LogP contribution >= 0.6 is 15.9 Å². The second-order valence-electron chi connectivity index (χ2n) is 4.24. The van der Waals surface area contributed by atoms with Crippen molar-refractivity contribution in [2.75, 3.05) is 12.0 Å². The monoisotopic (exact) mass is 334 g/mol. The second-order valence-corrected chi connectivity index (χ2v) is 5.16. The first kappa shape index (κ1) is 14.4. The van der Waals surface area contributed by atoms with E-state index in [1.54, 1.807) is 0 Å². The molecule has 2 aromatic rings. The fraction of sp³-hybridized carbons (Fsp3) is 0.133. The van der Waals surface area contributed by atoms with Crippen LogP contribution in [0.2, 0.25) is 0 Å². The predicted molar refractivity (Wildman–Crippen MR) is 83.0 cm³/mol. The van der Waals surface area contributed by atoms with Gasteiger partial charge in [-0.05, 0) is 43.3 Å². The fourth-order valence-corrected chi connectivity index (χ4v) is 1.79. The molecule has 2 N–H and O–H groups in total. The lowest BCUT2D eigenvalue weighted by atomic mass is 10.2. The lowest BCUT2D eigenvalue weighted by molar-refractivity contribution is 0.234. The van der Waals surface area contributed by atoms with Crippen LogP contribution in [0, 0.1) is 6.92 Å². The van der Waals surface area contributed by atoms with Crippen molar-refractivity contribution in [1.29, 1.82) is 0 Å². The number of amides is 2. The highest BCUT2D eigenvalue weighted by atomic mass is 79.9. The molecular formula is C15H15BrN2O2. The number of hydrogen-bond acceptors (Lipinski definition) is 2. The number of ether oxygens (including phenoxy) is 1. The molecule has 0 fully saturated rings. The van der Waals surface area contributed by atoms with Crippen LogP contribution < -0.4 is 15.4 Å². The van der Waals surface area contributed by atoms with E-state index in [0.717, 1.165) is 15.9 Å². The number of halogens is 1. The van der Waals surface area contributed by atoms with Gasteiger partial charge in [-0.15, -0.1) is 0 Å². The quantitative estimate of drug-likeness (QED) is 0.832. The molecule has 0 aliphatic rings. The molecule has 0 unspecified atom stereocenters. The lowest BCUT2D eigenvalue weighted by Crippen LogP contribution is -2.31. The number of carbonyl (C=O) groups excluding carboxylic acids is 1. The average Bonchev–Trinajstić information content (AvgIpc) is 2.44. The lowest BCUT2D eigenvalue weighted by Gasteiger charge is -2.09. The maximum Gasteiger partial charge on any atom is 0.321 e. The number of anilines is 1. The Morgan fingerprint density at radius 1 is 1.10 bits per heavy atom. The van der Waals surface area contributed by atoms with Crippen molar-refractivity contribution < 1.29 is 9.53 Å². The van der Waals surface area contributed by atoms with Gasteiger partial charge in [0.1, 0.15) is 5.75 Å². The third-order valence-electron chi connectivity index (χ3n) is 2.59. The van der Waals surface area contributed by atoms with Crippen LogP contribution in [0.3, 0.4) is 0 Å². The summed E-state index contributed by atoms with van der Waals surface area (Å²) in [5, 5.41) is 5.34. The summed E-state index contributed by atoms with van der Waals surface area (Å²) in [5.41, 5.74) is 1.89. The molecular weight excluding hydrogens is 320 g/mol. The van der Waals surface area contributed by atoms with E-state index in [0.29, 0.717) is 0 Å². The van der Waals surface area contributed by atoms with Gasteiger partial charge in [0, 0.05) is 10.2 Å². The Kier molecular flexibility index (Phi) is 5.01. The Balaban J connectivity index is 1.75. The molecule has 4 nitrogen and oxygen atoms in total. The molecule has 0 atom stereocenters. The van der Waals surface area contributed by atoms with E-state index >= 15 is 0 Å². The zero-order valence-corrected chi connectivity index (χ0v) is 12.6. The summed E-state index contributed by atoms with van der Waals surface area (Å²) >= 11 is 3.34. The number of rotatable bonds is 4. The van der Waals surface area contributed by atoms with E-state index < -0.39 is 0 Å². The highest BCUT2D eigenvalue weighted by molar-refractivity contribution is 9.10. The van der Waals surface area contributed by atoms with Crippen molar-refractivity contribution in [3.63, 3.8) is 0 Å². The highest BCUT2D eigenvalue weighted by Crippen LogP contribution is 2.14. The Morgan fingerprint density at radius 2 is 1.75 bits per heavy atom. The van der Waals surface area contributed by atoms with Gasteiger partial charge in [-0.25, -0.2) is 4.79 Å². The van der Waals surface area contributed by atoms with Crippen LogP contribution in [0.4, 0.5) is 10.5 Å². The first-order valence-corrected chi connectivity index (χ1v) is 6.93. The number of benzene rings is 2. The molecule has 2 rings (SSSR count). The summed E-state index contributed by atoms with van der Waals surface area (Å²) in [7, 11) is 0. The zero-order valence-electron chi connectivity index (χ0n) is 11.0. The van der Waals surface area contributed by atoms with Gasteiger partial charge in [0.25, 0.3) is 0 Å². The van der Waals surface area contributed by atoms with Gasteiger partial charge in [-0.3, -0.25) is 0 Å². The van der Waals surface area contributed by atoms with E-state index in [9.17, 15) is 4.79 Å². The van der Waals surface area contributed by atoms with Gasteiger partial charge in [0.15, 0.2) is 6.73 Å². The van der Waals surface area contributed by atoms with Gasteiger partial charge in [-0.1, -0.05) is 33.6 Å². The summed E-state index contributed by atoms with van der Waals surface area (Å²) in [6.07, 6.45) is 0. The largest absolute Gasteiger partial charge is 0.473 e. The zero-order chi connectivity index (χ0) is 14.4. The molecule has 0 aromatic heterocycles. The van der Waals surface area contributed by atoms with Gasteiger partial charge in [0.2, 0.25) is 0 Å². The van der Waals surface area contributed by atoms with E-state index in [4.69, 9.17) is 4.74 Å². The molecule has 0 radical (unpaired) electrons.